The first-order valence-electron chi connectivity index (χ1n) is 2.41. The van der Waals surface area contributed by atoms with Crippen molar-refractivity contribution >= 4 is 32.8 Å². The van der Waals surface area contributed by atoms with Crippen LogP contribution >= 0.6 is 0 Å². The first-order chi connectivity index (χ1) is 3.39. The van der Waals surface area contributed by atoms with E-state index in [0.717, 1.165) is 0 Å². The summed E-state index contributed by atoms with van der Waals surface area (Å²) < 4.78 is 0. The molecule has 0 aliphatic heterocycles. The van der Waals surface area contributed by atoms with Crippen LogP contribution in [0.4, 0.5) is 0 Å². The van der Waals surface area contributed by atoms with Gasteiger partial charge in [0.25, 0.3) is 0 Å². The summed E-state index contributed by atoms with van der Waals surface area (Å²) in [5, 5.41) is 1.46. The zero-order valence-electron chi connectivity index (χ0n) is 4.39. The van der Waals surface area contributed by atoms with E-state index in [2.05, 4.69) is 24.3 Å². The third-order valence-corrected chi connectivity index (χ3v) is 1.61. The molecule has 0 heterocycles. The van der Waals surface area contributed by atoms with Gasteiger partial charge in [-0.25, -0.2) is 0 Å². The highest BCUT2D eigenvalue weighted by Crippen LogP contribution is 1.76. The molecular weight excluding hydrogens is 127 g/mol. The SMILES string of the molecule is [AlH3].[SiH3]c1ccccc1. The lowest BCUT2D eigenvalue weighted by Crippen LogP contribution is -1.97. The van der Waals surface area contributed by atoms with E-state index in [0.29, 0.717) is 0 Å². The Balaban J connectivity index is 0.000000490. The maximum Gasteiger partial charge on any atom is 0.187 e. The van der Waals surface area contributed by atoms with Crippen LogP contribution in [-0.2, 0) is 0 Å². The molecule has 0 unspecified atom stereocenters. The molecule has 2 heteroatoms. The van der Waals surface area contributed by atoms with Crippen molar-refractivity contribution in [1.82, 2.24) is 0 Å². The molecule has 0 atom stereocenters. The fraction of sp³-hybridized carbons (Fsp3) is 0. The molecule has 0 aromatic heterocycles. The second-order valence-electron chi connectivity index (χ2n) is 1.65. The highest BCUT2D eigenvalue weighted by molar-refractivity contribution is 6.32. The maximum atomic E-state index is 2.15. The molecule has 0 spiro atoms. The largest absolute Gasteiger partial charge is 0.187 e. The van der Waals surface area contributed by atoms with Crippen LogP contribution in [0.15, 0.2) is 30.3 Å². The Hall–Kier alpha value is -0.0306. The number of benzene rings is 1. The molecule has 1 rings (SSSR count). The Kier molecular flexibility index (Phi) is 3.90. The summed E-state index contributed by atoms with van der Waals surface area (Å²) in [5.74, 6) is 0. The van der Waals surface area contributed by atoms with E-state index in [1.54, 1.807) is 0 Å². The first-order valence-corrected chi connectivity index (χ1v) is 3.41. The van der Waals surface area contributed by atoms with E-state index in [1.807, 2.05) is 6.07 Å². The van der Waals surface area contributed by atoms with Gasteiger partial charge in [-0.2, -0.15) is 0 Å². The molecule has 0 N–H and O–H groups in total. The molecule has 0 saturated carbocycles. The maximum absolute atomic E-state index is 2.15. The summed E-state index contributed by atoms with van der Waals surface area (Å²) in [6.07, 6.45) is 0. The Morgan fingerprint density at radius 2 is 1.50 bits per heavy atom. The quantitative estimate of drug-likeness (QED) is 0.383. The van der Waals surface area contributed by atoms with Crippen molar-refractivity contribution in [2.24, 2.45) is 0 Å². The first kappa shape index (κ1) is 7.97. The normalized spacial score (nSPS) is 8.00. The van der Waals surface area contributed by atoms with Crippen LogP contribution in [0.5, 0.6) is 0 Å². The Morgan fingerprint density at radius 1 is 1.00 bits per heavy atom. The molecule has 0 radical (unpaired) electrons. The van der Waals surface area contributed by atoms with Crippen molar-refractivity contribution in [3.8, 4) is 0 Å². The van der Waals surface area contributed by atoms with Crippen molar-refractivity contribution in [1.29, 1.82) is 0 Å². The molecule has 0 saturated heterocycles. The number of rotatable bonds is 0. The summed E-state index contributed by atoms with van der Waals surface area (Å²) >= 11 is 0. The van der Waals surface area contributed by atoms with Crippen LogP contribution in [0, 0.1) is 0 Å². The van der Waals surface area contributed by atoms with Crippen LogP contribution in [0.2, 0.25) is 0 Å². The van der Waals surface area contributed by atoms with Gasteiger partial charge in [-0.1, -0.05) is 35.5 Å². The van der Waals surface area contributed by atoms with Crippen molar-refractivity contribution in [2.45, 2.75) is 0 Å². The molecule has 42 valence electrons. The second kappa shape index (κ2) is 3.91. The van der Waals surface area contributed by atoms with Gasteiger partial charge in [0.2, 0.25) is 0 Å². The van der Waals surface area contributed by atoms with Crippen LogP contribution in [0.3, 0.4) is 0 Å². The fourth-order valence-corrected chi connectivity index (χ4v) is 0.919. The molecule has 0 bridgehead atoms. The Labute approximate surface area is 63.5 Å². The van der Waals surface area contributed by atoms with Gasteiger partial charge in [0.1, 0.15) is 0 Å². The van der Waals surface area contributed by atoms with Gasteiger partial charge in [-0.15, -0.1) is 0 Å². The minimum atomic E-state index is 0. The average Bonchev–Trinajstić information content (AvgIpc) is 1.69. The smallest absolute Gasteiger partial charge is 0.0708 e. The molecular formula is C6H11AlSi. The van der Waals surface area contributed by atoms with Gasteiger partial charge in [0.05, 0.1) is 0 Å². The van der Waals surface area contributed by atoms with Crippen molar-refractivity contribution < 1.29 is 0 Å². The van der Waals surface area contributed by atoms with E-state index < -0.39 is 0 Å². The van der Waals surface area contributed by atoms with Gasteiger partial charge >= 0.3 is 0 Å². The van der Waals surface area contributed by atoms with Crippen molar-refractivity contribution in [3.63, 3.8) is 0 Å². The number of hydrogen-bond donors (Lipinski definition) is 0. The van der Waals surface area contributed by atoms with Crippen LogP contribution in [-0.4, -0.2) is 27.6 Å². The molecule has 8 heavy (non-hydrogen) atoms. The zero-order valence-corrected chi connectivity index (χ0v) is 6.39. The highest BCUT2D eigenvalue weighted by atomic mass is 28.1. The second-order valence-corrected chi connectivity index (χ2v) is 2.81. The minimum Gasteiger partial charge on any atom is -0.0708 e. The molecule has 0 aliphatic rings. The summed E-state index contributed by atoms with van der Waals surface area (Å²) in [7, 11) is 1.17. The molecule has 0 amide bonds. The summed E-state index contributed by atoms with van der Waals surface area (Å²) in [6.45, 7) is 0. The molecule has 1 aromatic rings. The van der Waals surface area contributed by atoms with Gasteiger partial charge in [-0.3, -0.25) is 0 Å². The fourth-order valence-electron chi connectivity index (χ4n) is 0.534. The lowest BCUT2D eigenvalue weighted by atomic mass is 10.4. The Morgan fingerprint density at radius 3 is 1.75 bits per heavy atom. The van der Waals surface area contributed by atoms with E-state index in [4.69, 9.17) is 0 Å². The van der Waals surface area contributed by atoms with Gasteiger partial charge in [0, 0.05) is 10.2 Å². The van der Waals surface area contributed by atoms with Crippen LogP contribution in [0.1, 0.15) is 0 Å². The van der Waals surface area contributed by atoms with E-state index in [9.17, 15) is 0 Å². The third-order valence-electron chi connectivity index (χ3n) is 0.940. The van der Waals surface area contributed by atoms with Gasteiger partial charge in [-0.05, 0) is 0 Å². The molecule has 0 fully saturated rings. The van der Waals surface area contributed by atoms with Crippen LogP contribution < -0.4 is 5.19 Å². The third kappa shape index (κ3) is 2.32. The van der Waals surface area contributed by atoms with E-state index in [1.165, 1.54) is 15.4 Å². The summed E-state index contributed by atoms with van der Waals surface area (Å²) in [4.78, 5) is 0. The topological polar surface area (TPSA) is 0 Å². The minimum absolute atomic E-state index is 0. The Bertz CT molecular complexity index is 138. The van der Waals surface area contributed by atoms with Gasteiger partial charge in [0.15, 0.2) is 17.4 Å². The zero-order chi connectivity index (χ0) is 5.11. The standard InChI is InChI=1S/C6H8Si.Al.3H/c7-6-4-2-1-3-5-6;;;;/h1-5H,7H3;;;;. The average molecular weight is 138 g/mol. The van der Waals surface area contributed by atoms with Crippen LogP contribution in [0.25, 0.3) is 0 Å². The summed E-state index contributed by atoms with van der Waals surface area (Å²) in [5.41, 5.74) is 0. The predicted octanol–water partition coefficient (Wildman–Crippen LogP) is -1.51. The molecule has 1 aromatic carbocycles. The lowest BCUT2D eigenvalue weighted by Gasteiger charge is -1.82. The summed E-state index contributed by atoms with van der Waals surface area (Å²) in [6, 6.07) is 10.5. The predicted molar refractivity (Wildman–Crippen MR) is 46.0 cm³/mol. The highest BCUT2D eigenvalue weighted by Gasteiger charge is 1.72. The van der Waals surface area contributed by atoms with E-state index in [-0.39, 0.29) is 17.4 Å². The molecule has 0 aliphatic carbocycles. The monoisotopic (exact) mass is 138 g/mol. The molecule has 0 nitrogen and oxygen atoms in total. The van der Waals surface area contributed by atoms with Crippen molar-refractivity contribution in [2.75, 3.05) is 0 Å². The lowest BCUT2D eigenvalue weighted by molar-refractivity contribution is 1.78. The van der Waals surface area contributed by atoms with E-state index >= 15 is 0 Å². The van der Waals surface area contributed by atoms with Crippen molar-refractivity contribution in [3.05, 3.63) is 30.3 Å². The van der Waals surface area contributed by atoms with Gasteiger partial charge < -0.3 is 0 Å². The number of hydrogen-bond acceptors (Lipinski definition) is 0.